The maximum absolute atomic E-state index is 6.03. The summed E-state index contributed by atoms with van der Waals surface area (Å²) in [6, 6.07) is 0. The van der Waals surface area contributed by atoms with Gasteiger partial charge in [0.1, 0.15) is 15.2 Å². The highest BCUT2D eigenvalue weighted by Crippen LogP contribution is 2.41. The van der Waals surface area contributed by atoms with Gasteiger partial charge in [-0.05, 0) is 0 Å². The summed E-state index contributed by atoms with van der Waals surface area (Å²) in [6.45, 7) is 31.2. The van der Waals surface area contributed by atoms with Crippen molar-refractivity contribution in [1.82, 2.24) is 0 Å². The Balaban J connectivity index is 6.34. The second kappa shape index (κ2) is 6.05. The Hall–Kier alpha value is 0.421. The van der Waals surface area contributed by atoms with Crippen molar-refractivity contribution >= 4 is 43.6 Å². The van der Waals surface area contributed by atoms with Crippen LogP contribution in [0.3, 0.4) is 0 Å². The third-order valence-electron chi connectivity index (χ3n) is 8.53. The van der Waals surface area contributed by atoms with Crippen molar-refractivity contribution in [3.05, 3.63) is 0 Å². The van der Waals surface area contributed by atoms with Gasteiger partial charge in [0.05, 0.1) is 0 Å². The third-order valence-corrected chi connectivity index (χ3v) is 125. The summed E-state index contributed by atoms with van der Waals surface area (Å²) < 4.78 is 0. The van der Waals surface area contributed by atoms with E-state index in [9.17, 15) is 0 Å². The van der Waals surface area contributed by atoms with Gasteiger partial charge in [-0.2, -0.15) is 0 Å². The lowest BCUT2D eigenvalue weighted by atomic mass is 11.4. The summed E-state index contributed by atoms with van der Waals surface area (Å²) in [5.41, 5.74) is 6.62. The fourth-order valence-electron chi connectivity index (χ4n) is 3.49. The average molecular weight is 399 g/mol. The van der Waals surface area contributed by atoms with Gasteiger partial charge in [-0.15, -0.1) is 23.9 Å². The van der Waals surface area contributed by atoms with Crippen LogP contribution in [0.15, 0.2) is 0 Å². The van der Waals surface area contributed by atoms with Gasteiger partial charge in [-0.25, -0.2) is 0 Å². The zero-order valence-corrected chi connectivity index (χ0v) is 23.2. The molecule has 0 fully saturated rings. The van der Waals surface area contributed by atoms with E-state index in [0.717, 1.165) is 0 Å². The molecule has 0 atom stereocenters. The van der Waals surface area contributed by atoms with Crippen molar-refractivity contribution in [2.45, 2.75) is 78.6 Å². The van der Waals surface area contributed by atoms with Crippen molar-refractivity contribution in [2.24, 2.45) is 0 Å². The topological polar surface area (TPSA) is 0 Å². The molecule has 0 aromatic rings. The molecular weight excluding hydrogens is 361 g/mol. The molecule has 6 heteroatoms. The van der Waals surface area contributed by atoms with Gasteiger partial charge in [0.15, 0.2) is 0 Å². The average Bonchev–Trinajstić information content (AvgIpc) is 2.37. The molecule has 0 bridgehead atoms. The van der Waals surface area contributed by atoms with Gasteiger partial charge in [0.25, 0.3) is 0 Å². The minimum absolute atomic E-state index is 1.38. The molecule has 0 spiro atoms. The summed E-state index contributed by atoms with van der Waals surface area (Å²) in [5.74, 6) is 0. The van der Waals surface area contributed by atoms with Crippen molar-refractivity contribution in [3.8, 4) is 23.9 Å². The quantitative estimate of drug-likeness (QED) is 0.453. The van der Waals surface area contributed by atoms with Crippen LogP contribution in [0.5, 0.6) is 0 Å². The minimum Gasteiger partial charge on any atom is -0.139 e. The van der Waals surface area contributed by atoms with E-state index in [1.54, 1.807) is 0 Å². The summed E-state index contributed by atoms with van der Waals surface area (Å²) in [6.07, 6.45) is 12.1. The van der Waals surface area contributed by atoms with Gasteiger partial charge in [-0.1, -0.05) is 78.6 Å². The van der Waals surface area contributed by atoms with E-state index >= 15 is 0 Å². The van der Waals surface area contributed by atoms with Crippen LogP contribution in [-0.4, -0.2) is 43.6 Å². The van der Waals surface area contributed by atoms with E-state index in [2.05, 4.69) is 89.7 Å². The Morgan fingerprint density at radius 1 is 0.409 bits per heavy atom. The van der Waals surface area contributed by atoms with Crippen molar-refractivity contribution < 1.29 is 0 Å². The van der Waals surface area contributed by atoms with E-state index in [1.165, 1.54) is 0 Å². The SMILES string of the molecule is C#C[Si](C)(C)[Si](C)(C)[Si](C)(C)[Si](C)(C)[Si](C)(C)[Si](C)(C)C#C. The number of terminal acetylenes is 2. The Morgan fingerprint density at radius 2 is 0.591 bits per heavy atom. The van der Waals surface area contributed by atoms with E-state index in [4.69, 9.17) is 12.8 Å². The molecule has 0 aliphatic heterocycles. The fourth-order valence-corrected chi connectivity index (χ4v) is 146. The lowest BCUT2D eigenvalue weighted by Crippen LogP contribution is -2.88. The Kier molecular flexibility index (Phi) is 6.17. The second-order valence-electron chi connectivity index (χ2n) is 10.0. The largest absolute Gasteiger partial charge is 0.139 e. The molecular formula is C16H38Si6. The highest BCUT2D eigenvalue weighted by atomic mass is 30.0. The van der Waals surface area contributed by atoms with E-state index in [0.29, 0.717) is 0 Å². The molecule has 0 rings (SSSR count). The summed E-state index contributed by atoms with van der Waals surface area (Å²) in [4.78, 5) is 0. The first kappa shape index (κ1) is 22.4. The molecule has 0 nitrogen and oxygen atoms in total. The van der Waals surface area contributed by atoms with Crippen LogP contribution >= 0.6 is 0 Å². The minimum atomic E-state index is -1.55. The zero-order chi connectivity index (χ0) is 18.4. The molecule has 0 aromatic heterocycles. The summed E-state index contributed by atoms with van der Waals surface area (Å²) >= 11 is 0. The van der Waals surface area contributed by atoms with Crippen LogP contribution in [0.1, 0.15) is 0 Å². The van der Waals surface area contributed by atoms with Crippen LogP contribution in [0.4, 0.5) is 0 Å². The van der Waals surface area contributed by atoms with Crippen molar-refractivity contribution in [1.29, 1.82) is 0 Å². The highest BCUT2D eigenvalue weighted by molar-refractivity contribution is 7.97. The first-order valence-corrected chi connectivity index (χ1v) is 31.3. The van der Waals surface area contributed by atoms with Gasteiger partial charge >= 0.3 is 0 Å². The Labute approximate surface area is 145 Å². The third kappa shape index (κ3) is 2.91. The van der Waals surface area contributed by atoms with E-state index in [1.807, 2.05) is 0 Å². The Morgan fingerprint density at radius 3 is 0.727 bits per heavy atom. The second-order valence-corrected chi connectivity index (χ2v) is 73.6. The zero-order valence-electron chi connectivity index (χ0n) is 17.2. The van der Waals surface area contributed by atoms with Gasteiger partial charge < -0.3 is 0 Å². The normalized spacial score (nSPS) is 15.2. The smallest absolute Gasteiger partial charge is 0.120 e. The predicted molar refractivity (Wildman–Crippen MR) is 123 cm³/mol. The standard InChI is InChI=1S/C16H38Si6/c1-15-17(3,4)19(7,8)21(11,12)22(13,14)20(9,10)18(5,6)16-2/h1-2H,3-14H3. The lowest BCUT2D eigenvalue weighted by molar-refractivity contribution is 1.75. The monoisotopic (exact) mass is 398 g/mol. The molecule has 0 aromatic carbocycles. The van der Waals surface area contributed by atoms with Gasteiger partial charge in [-0.3, -0.25) is 0 Å². The maximum Gasteiger partial charge on any atom is 0.120 e. The highest BCUT2D eigenvalue weighted by Gasteiger charge is 2.65. The maximum atomic E-state index is 6.03. The molecule has 126 valence electrons. The van der Waals surface area contributed by atoms with Crippen molar-refractivity contribution in [3.63, 3.8) is 0 Å². The molecule has 22 heavy (non-hydrogen) atoms. The van der Waals surface area contributed by atoms with Crippen LogP contribution in [0.25, 0.3) is 0 Å². The van der Waals surface area contributed by atoms with Crippen molar-refractivity contribution in [2.75, 3.05) is 0 Å². The fraction of sp³-hybridized carbons (Fsp3) is 0.750. The van der Waals surface area contributed by atoms with Crippen LogP contribution in [-0.2, 0) is 0 Å². The molecule has 0 aliphatic carbocycles. The van der Waals surface area contributed by atoms with Crippen LogP contribution in [0.2, 0.25) is 78.6 Å². The number of rotatable bonds is 5. The molecule has 0 unspecified atom stereocenters. The molecule has 0 radical (unpaired) electrons. The number of hydrogen-bond donors (Lipinski definition) is 0. The molecule has 0 heterocycles. The molecule has 0 saturated carbocycles. The first-order valence-electron chi connectivity index (χ1n) is 8.33. The van der Waals surface area contributed by atoms with E-state index < -0.39 is 43.6 Å². The van der Waals surface area contributed by atoms with Crippen LogP contribution in [0, 0.1) is 23.9 Å². The lowest BCUT2D eigenvalue weighted by Gasteiger charge is -2.60. The molecule has 0 N–H and O–H groups in total. The number of hydrogen-bond acceptors (Lipinski definition) is 0. The molecule has 0 amide bonds. The van der Waals surface area contributed by atoms with Gasteiger partial charge in [0, 0.05) is 28.4 Å². The Bertz CT molecular complexity index is 464. The van der Waals surface area contributed by atoms with Gasteiger partial charge in [0.2, 0.25) is 0 Å². The first-order chi connectivity index (χ1) is 9.37. The predicted octanol–water partition coefficient (Wildman–Crippen LogP) is 4.97. The molecule has 0 aliphatic rings. The summed E-state index contributed by atoms with van der Waals surface area (Å²) in [5, 5.41) is 0. The van der Waals surface area contributed by atoms with Crippen LogP contribution < -0.4 is 0 Å². The molecule has 0 saturated heterocycles. The summed E-state index contributed by atoms with van der Waals surface area (Å²) in [7, 11) is -8.66. The van der Waals surface area contributed by atoms with E-state index in [-0.39, 0.29) is 0 Å².